The number of aromatic nitrogens is 1. The molecule has 25 heavy (non-hydrogen) atoms. The van der Waals surface area contributed by atoms with Crippen LogP contribution in [-0.2, 0) is 6.42 Å². The molecule has 1 aliphatic heterocycles. The van der Waals surface area contributed by atoms with E-state index in [2.05, 4.69) is 10.3 Å². The van der Waals surface area contributed by atoms with Gasteiger partial charge in [0.25, 0.3) is 5.91 Å². The summed E-state index contributed by atoms with van der Waals surface area (Å²) in [5, 5.41) is 3.54. The van der Waals surface area contributed by atoms with Crippen LogP contribution in [0, 0.1) is 0 Å². The van der Waals surface area contributed by atoms with Crippen LogP contribution in [0.2, 0.25) is 0 Å². The fourth-order valence-electron chi connectivity index (χ4n) is 2.87. The second kappa shape index (κ2) is 6.49. The molecule has 3 aromatic rings. The average Bonchev–Trinajstić information content (AvgIpc) is 3.17. The van der Waals surface area contributed by atoms with E-state index in [-0.39, 0.29) is 5.91 Å². The minimum atomic E-state index is -0.0595. The Balaban J connectivity index is 1.48. The van der Waals surface area contributed by atoms with Crippen molar-refractivity contribution in [2.24, 2.45) is 0 Å². The van der Waals surface area contributed by atoms with Gasteiger partial charge >= 0.3 is 0 Å². The monoisotopic (exact) mass is 349 g/mol. The van der Waals surface area contributed by atoms with Crippen molar-refractivity contribution in [2.75, 3.05) is 11.9 Å². The molecule has 0 saturated heterocycles. The Morgan fingerprint density at radius 2 is 1.96 bits per heavy atom. The van der Waals surface area contributed by atoms with Crippen LogP contribution in [0.15, 0.2) is 65.4 Å². The topological polar surface area (TPSA) is 58.4 Å². The van der Waals surface area contributed by atoms with Gasteiger partial charge in [0, 0.05) is 23.4 Å². The zero-order chi connectivity index (χ0) is 17.2. The fraction of sp³-hybridized carbons (Fsp3) is 0.105. The van der Waals surface area contributed by atoms with Crippen molar-refractivity contribution in [3.63, 3.8) is 0 Å². The molecule has 0 unspecified atom stereocenters. The molecular weight excluding hydrogens is 334 g/mol. The largest absolute Gasteiger partial charge is 0.445 e. The van der Waals surface area contributed by atoms with Crippen LogP contribution in [0.5, 0.6) is 0 Å². The number of anilines is 1. The fourth-order valence-corrected chi connectivity index (χ4v) is 3.17. The molecule has 0 radical (unpaired) electrons. The third-order valence-electron chi connectivity index (χ3n) is 4.16. The highest BCUT2D eigenvalue weighted by molar-refractivity contribution is 7.80. The van der Waals surface area contributed by atoms with Crippen LogP contribution >= 0.6 is 12.2 Å². The van der Waals surface area contributed by atoms with Gasteiger partial charge in [0.05, 0.1) is 6.20 Å². The predicted octanol–water partition coefficient (Wildman–Crippen LogP) is 3.74. The molecule has 1 aromatic heterocycles. The molecule has 1 amide bonds. The molecule has 1 N–H and O–H groups in total. The van der Waals surface area contributed by atoms with Gasteiger partial charge in [-0.25, -0.2) is 4.98 Å². The summed E-state index contributed by atoms with van der Waals surface area (Å²) >= 11 is 5.44. The lowest BCUT2D eigenvalue weighted by Gasteiger charge is -2.29. The Kier molecular flexibility index (Phi) is 4.03. The van der Waals surface area contributed by atoms with Crippen LogP contribution in [0.1, 0.15) is 15.9 Å². The van der Waals surface area contributed by atoms with Gasteiger partial charge in [-0.3, -0.25) is 9.69 Å². The number of carbonyl (C=O) groups is 1. The predicted molar refractivity (Wildman–Crippen MR) is 99.3 cm³/mol. The van der Waals surface area contributed by atoms with Crippen molar-refractivity contribution in [1.29, 1.82) is 0 Å². The number of nitrogens with one attached hydrogen (secondary N) is 1. The summed E-state index contributed by atoms with van der Waals surface area (Å²) in [6.45, 7) is 0.579. The highest BCUT2D eigenvalue weighted by atomic mass is 32.1. The Morgan fingerprint density at radius 3 is 2.72 bits per heavy atom. The van der Waals surface area contributed by atoms with E-state index in [0.717, 1.165) is 28.8 Å². The first kappa shape index (κ1) is 15.5. The van der Waals surface area contributed by atoms with Gasteiger partial charge in [0.1, 0.15) is 6.26 Å². The molecule has 0 fully saturated rings. The van der Waals surface area contributed by atoms with E-state index in [1.807, 2.05) is 48.5 Å². The van der Waals surface area contributed by atoms with Crippen LogP contribution in [-0.4, -0.2) is 27.4 Å². The van der Waals surface area contributed by atoms with Crippen molar-refractivity contribution < 1.29 is 9.21 Å². The molecule has 0 aliphatic carbocycles. The van der Waals surface area contributed by atoms with Gasteiger partial charge in [-0.2, -0.15) is 0 Å². The maximum absolute atomic E-state index is 12.6. The van der Waals surface area contributed by atoms with Crippen LogP contribution in [0.25, 0.3) is 11.5 Å². The van der Waals surface area contributed by atoms with E-state index in [1.54, 1.807) is 11.1 Å². The quantitative estimate of drug-likeness (QED) is 0.714. The summed E-state index contributed by atoms with van der Waals surface area (Å²) < 4.78 is 5.27. The molecule has 0 saturated carbocycles. The van der Waals surface area contributed by atoms with Crippen molar-refractivity contribution in [2.45, 2.75) is 6.42 Å². The molecule has 5 nitrogen and oxygen atoms in total. The SMILES string of the molecule is O=C1c2ccccc2CCN1C(=S)Nc1ccc(-c2ncco2)cc1. The van der Waals surface area contributed by atoms with Crippen molar-refractivity contribution in [3.05, 3.63) is 72.1 Å². The standard InChI is InChI=1S/C19H15N3O2S/c23-18-16-4-2-1-3-13(16)9-11-22(18)19(25)21-15-7-5-14(6-8-15)17-20-10-12-24-17/h1-8,10,12H,9,11H2,(H,21,25). The molecule has 1 aliphatic rings. The molecule has 6 heteroatoms. The Labute approximate surface area is 150 Å². The molecule has 4 rings (SSSR count). The first-order valence-corrected chi connectivity index (χ1v) is 8.34. The number of oxazole rings is 1. The van der Waals surface area contributed by atoms with Gasteiger partial charge in [-0.1, -0.05) is 18.2 Å². The van der Waals surface area contributed by atoms with Gasteiger partial charge in [-0.15, -0.1) is 0 Å². The molecule has 2 aromatic carbocycles. The van der Waals surface area contributed by atoms with E-state index in [0.29, 0.717) is 17.5 Å². The van der Waals surface area contributed by atoms with Crippen LogP contribution in [0.3, 0.4) is 0 Å². The number of amides is 1. The number of thiocarbonyl (C=S) groups is 1. The molecule has 0 bridgehead atoms. The number of hydrogen-bond donors (Lipinski definition) is 1. The lowest BCUT2D eigenvalue weighted by atomic mass is 9.99. The highest BCUT2D eigenvalue weighted by Crippen LogP contribution is 2.22. The second-order valence-corrected chi connectivity index (χ2v) is 6.10. The Morgan fingerprint density at radius 1 is 1.16 bits per heavy atom. The zero-order valence-corrected chi connectivity index (χ0v) is 14.1. The summed E-state index contributed by atoms with van der Waals surface area (Å²) in [6.07, 6.45) is 3.94. The number of carbonyl (C=O) groups excluding carboxylic acids is 1. The number of fused-ring (bicyclic) bond motifs is 1. The summed E-state index contributed by atoms with van der Waals surface area (Å²) in [6, 6.07) is 15.2. The molecule has 2 heterocycles. The molecule has 0 spiro atoms. The summed E-state index contributed by atoms with van der Waals surface area (Å²) in [4.78, 5) is 18.4. The summed E-state index contributed by atoms with van der Waals surface area (Å²) in [5.41, 5.74) is 3.48. The average molecular weight is 349 g/mol. The number of nitrogens with zero attached hydrogens (tertiary/aromatic N) is 2. The van der Waals surface area contributed by atoms with Gasteiger partial charge < -0.3 is 9.73 Å². The van der Waals surface area contributed by atoms with E-state index in [4.69, 9.17) is 16.6 Å². The summed E-state index contributed by atoms with van der Waals surface area (Å²) in [7, 11) is 0. The minimum Gasteiger partial charge on any atom is -0.445 e. The lowest BCUT2D eigenvalue weighted by molar-refractivity contribution is 0.0837. The van der Waals surface area contributed by atoms with Gasteiger partial charge in [0.2, 0.25) is 5.89 Å². The number of rotatable bonds is 2. The van der Waals surface area contributed by atoms with Crippen molar-refractivity contribution in [1.82, 2.24) is 9.88 Å². The van der Waals surface area contributed by atoms with E-state index < -0.39 is 0 Å². The minimum absolute atomic E-state index is 0.0595. The lowest BCUT2D eigenvalue weighted by Crippen LogP contribution is -2.44. The maximum atomic E-state index is 12.6. The van der Waals surface area contributed by atoms with E-state index >= 15 is 0 Å². The first-order valence-electron chi connectivity index (χ1n) is 7.93. The van der Waals surface area contributed by atoms with Crippen LogP contribution in [0.4, 0.5) is 5.69 Å². The Hall–Kier alpha value is -2.99. The third-order valence-corrected chi connectivity index (χ3v) is 4.48. The first-order chi connectivity index (χ1) is 12.2. The van der Waals surface area contributed by atoms with E-state index in [1.165, 1.54) is 6.26 Å². The van der Waals surface area contributed by atoms with Crippen LogP contribution < -0.4 is 5.32 Å². The smallest absolute Gasteiger partial charge is 0.260 e. The van der Waals surface area contributed by atoms with Crippen molar-refractivity contribution in [3.8, 4) is 11.5 Å². The third kappa shape index (κ3) is 3.04. The molecule has 0 atom stereocenters. The second-order valence-electron chi connectivity index (χ2n) is 5.71. The number of hydrogen-bond acceptors (Lipinski definition) is 4. The molecular formula is C19H15N3O2S. The zero-order valence-electron chi connectivity index (χ0n) is 13.3. The maximum Gasteiger partial charge on any atom is 0.260 e. The normalized spacial score (nSPS) is 13.4. The molecule has 124 valence electrons. The Bertz CT molecular complexity index is 920. The highest BCUT2D eigenvalue weighted by Gasteiger charge is 2.26. The van der Waals surface area contributed by atoms with Crippen molar-refractivity contribution >= 4 is 28.9 Å². The van der Waals surface area contributed by atoms with E-state index in [9.17, 15) is 4.79 Å². The summed E-state index contributed by atoms with van der Waals surface area (Å²) in [5.74, 6) is 0.507. The number of benzene rings is 2. The van der Waals surface area contributed by atoms with Gasteiger partial charge in [-0.05, 0) is 54.5 Å². The van der Waals surface area contributed by atoms with Gasteiger partial charge in [0.15, 0.2) is 5.11 Å².